The molecule has 5 heteroatoms. The van der Waals surface area contributed by atoms with Gasteiger partial charge in [0.05, 0.1) is 5.56 Å². The Kier molecular flexibility index (Phi) is 3.88. The van der Waals surface area contributed by atoms with E-state index >= 15 is 0 Å². The van der Waals surface area contributed by atoms with Crippen molar-refractivity contribution in [2.45, 2.75) is 26.3 Å². The van der Waals surface area contributed by atoms with E-state index in [-0.39, 0.29) is 23.0 Å². The highest BCUT2D eigenvalue weighted by Gasteiger charge is 2.22. The van der Waals surface area contributed by atoms with Crippen molar-refractivity contribution in [1.29, 1.82) is 0 Å². The monoisotopic (exact) mass is 277 g/mol. The molecule has 0 radical (unpaired) electrons. The number of nitrogen functional groups attached to an aromatic ring is 1. The summed E-state index contributed by atoms with van der Waals surface area (Å²) in [6, 6.07) is 3.70. The molecule has 20 heavy (non-hydrogen) atoms. The Morgan fingerprint density at radius 1 is 1.35 bits per heavy atom. The standard InChI is InChI=1S/C15H17F2N3/c1-4-8-20-14(18)13(19-15(20)9(2)3)12-10(16)6-5-7-11(12)17/h4-7,9H,1,8,18H2,2-3H3. The van der Waals surface area contributed by atoms with E-state index < -0.39 is 11.6 Å². The first kappa shape index (κ1) is 14.2. The number of rotatable bonds is 4. The molecular formula is C15H17F2N3. The highest BCUT2D eigenvalue weighted by Crippen LogP contribution is 2.32. The summed E-state index contributed by atoms with van der Waals surface area (Å²) in [5.74, 6) is -0.330. The van der Waals surface area contributed by atoms with Crippen LogP contribution in [-0.4, -0.2) is 9.55 Å². The maximum atomic E-state index is 13.9. The van der Waals surface area contributed by atoms with Crippen LogP contribution in [0.4, 0.5) is 14.6 Å². The smallest absolute Gasteiger partial charge is 0.135 e. The second-order valence-electron chi connectivity index (χ2n) is 4.85. The second kappa shape index (κ2) is 5.45. The predicted octanol–water partition coefficient (Wildman–Crippen LogP) is 3.72. The molecular weight excluding hydrogens is 260 g/mol. The Morgan fingerprint density at radius 3 is 2.45 bits per heavy atom. The molecule has 2 rings (SSSR count). The number of allylic oxidation sites excluding steroid dienone is 1. The van der Waals surface area contributed by atoms with Gasteiger partial charge in [-0.25, -0.2) is 13.8 Å². The van der Waals surface area contributed by atoms with Gasteiger partial charge in [0.1, 0.15) is 29.0 Å². The SMILES string of the molecule is C=CCn1c(C(C)C)nc(-c2c(F)cccc2F)c1N. The summed E-state index contributed by atoms with van der Waals surface area (Å²) in [4.78, 5) is 4.33. The number of nitrogens with two attached hydrogens (primary N) is 1. The minimum atomic E-state index is -0.671. The van der Waals surface area contributed by atoms with Crippen molar-refractivity contribution in [3.8, 4) is 11.3 Å². The summed E-state index contributed by atoms with van der Waals surface area (Å²) in [5, 5.41) is 0. The highest BCUT2D eigenvalue weighted by molar-refractivity contribution is 5.72. The molecule has 2 N–H and O–H groups in total. The molecule has 1 aromatic carbocycles. The van der Waals surface area contributed by atoms with Crippen LogP contribution in [0.15, 0.2) is 30.9 Å². The maximum Gasteiger partial charge on any atom is 0.135 e. The summed E-state index contributed by atoms with van der Waals surface area (Å²) in [6.45, 7) is 8.00. The second-order valence-corrected chi connectivity index (χ2v) is 4.85. The summed E-state index contributed by atoms with van der Waals surface area (Å²) in [5.41, 5.74) is 5.98. The predicted molar refractivity (Wildman–Crippen MR) is 76.3 cm³/mol. The Hall–Kier alpha value is -2.17. The minimum Gasteiger partial charge on any atom is -0.383 e. The third-order valence-corrected chi connectivity index (χ3v) is 3.06. The van der Waals surface area contributed by atoms with Crippen LogP contribution in [0.1, 0.15) is 25.6 Å². The van der Waals surface area contributed by atoms with E-state index in [9.17, 15) is 8.78 Å². The molecule has 3 nitrogen and oxygen atoms in total. The van der Waals surface area contributed by atoms with Gasteiger partial charge >= 0.3 is 0 Å². The Morgan fingerprint density at radius 2 is 1.95 bits per heavy atom. The number of anilines is 1. The van der Waals surface area contributed by atoms with Crippen molar-refractivity contribution in [2.75, 3.05) is 5.73 Å². The van der Waals surface area contributed by atoms with Crippen molar-refractivity contribution in [3.63, 3.8) is 0 Å². The van der Waals surface area contributed by atoms with Crippen LogP contribution in [0.3, 0.4) is 0 Å². The molecule has 2 aromatic rings. The van der Waals surface area contributed by atoms with Gasteiger partial charge in [0.25, 0.3) is 0 Å². The summed E-state index contributed by atoms with van der Waals surface area (Å²) in [6.07, 6.45) is 1.67. The van der Waals surface area contributed by atoms with Crippen molar-refractivity contribution in [1.82, 2.24) is 9.55 Å². The zero-order chi connectivity index (χ0) is 14.9. The topological polar surface area (TPSA) is 43.8 Å². The Bertz CT molecular complexity index is 625. The van der Waals surface area contributed by atoms with Crippen LogP contribution < -0.4 is 5.73 Å². The fourth-order valence-electron chi connectivity index (χ4n) is 2.15. The van der Waals surface area contributed by atoms with Crippen molar-refractivity contribution >= 4 is 5.82 Å². The number of imidazole rings is 1. The van der Waals surface area contributed by atoms with Crippen LogP contribution in [0, 0.1) is 11.6 Å². The highest BCUT2D eigenvalue weighted by atomic mass is 19.1. The molecule has 0 spiro atoms. The molecule has 0 unspecified atom stereocenters. The van der Waals surface area contributed by atoms with Crippen molar-refractivity contribution < 1.29 is 8.78 Å². The van der Waals surface area contributed by atoms with Gasteiger partial charge in [-0.3, -0.25) is 0 Å². The van der Waals surface area contributed by atoms with Crippen LogP contribution in [-0.2, 0) is 6.54 Å². The molecule has 0 aliphatic heterocycles. The van der Waals surface area contributed by atoms with E-state index in [0.29, 0.717) is 12.4 Å². The third-order valence-electron chi connectivity index (χ3n) is 3.06. The number of benzene rings is 1. The lowest BCUT2D eigenvalue weighted by Gasteiger charge is -2.09. The minimum absolute atomic E-state index is 0.0841. The van der Waals surface area contributed by atoms with E-state index in [1.54, 1.807) is 10.6 Å². The number of hydrogen-bond donors (Lipinski definition) is 1. The molecule has 0 bridgehead atoms. The van der Waals surface area contributed by atoms with E-state index in [1.807, 2.05) is 13.8 Å². The first-order valence-corrected chi connectivity index (χ1v) is 6.38. The fraction of sp³-hybridized carbons (Fsp3) is 0.267. The van der Waals surface area contributed by atoms with E-state index in [4.69, 9.17) is 5.73 Å². The zero-order valence-corrected chi connectivity index (χ0v) is 11.5. The van der Waals surface area contributed by atoms with Crippen LogP contribution in [0.5, 0.6) is 0 Å². The van der Waals surface area contributed by atoms with Gasteiger partial charge in [-0.1, -0.05) is 26.0 Å². The van der Waals surface area contributed by atoms with E-state index in [0.717, 1.165) is 0 Å². The number of halogens is 2. The summed E-state index contributed by atoms with van der Waals surface area (Å²) >= 11 is 0. The quantitative estimate of drug-likeness (QED) is 0.866. The van der Waals surface area contributed by atoms with E-state index in [1.165, 1.54) is 18.2 Å². The molecule has 0 saturated carbocycles. The van der Waals surface area contributed by atoms with Crippen molar-refractivity contribution in [2.24, 2.45) is 0 Å². The van der Waals surface area contributed by atoms with E-state index in [2.05, 4.69) is 11.6 Å². The lowest BCUT2D eigenvalue weighted by atomic mass is 10.1. The molecule has 0 saturated heterocycles. The first-order valence-electron chi connectivity index (χ1n) is 6.38. The molecule has 1 heterocycles. The molecule has 0 aliphatic rings. The number of nitrogens with zero attached hydrogens (tertiary/aromatic N) is 2. The van der Waals surface area contributed by atoms with Crippen molar-refractivity contribution in [3.05, 3.63) is 48.3 Å². The summed E-state index contributed by atoms with van der Waals surface area (Å²) in [7, 11) is 0. The average Bonchev–Trinajstić information content (AvgIpc) is 2.69. The zero-order valence-electron chi connectivity index (χ0n) is 11.5. The van der Waals surface area contributed by atoms with Gasteiger partial charge in [-0.15, -0.1) is 6.58 Å². The van der Waals surface area contributed by atoms with Crippen LogP contribution in [0.25, 0.3) is 11.3 Å². The summed E-state index contributed by atoms with van der Waals surface area (Å²) < 4.78 is 29.5. The molecule has 0 fully saturated rings. The lowest BCUT2D eigenvalue weighted by Crippen LogP contribution is -2.07. The number of aromatic nitrogens is 2. The Labute approximate surface area is 116 Å². The molecule has 1 aromatic heterocycles. The maximum absolute atomic E-state index is 13.9. The van der Waals surface area contributed by atoms with Crippen LogP contribution >= 0.6 is 0 Å². The van der Waals surface area contributed by atoms with Crippen LogP contribution in [0.2, 0.25) is 0 Å². The normalized spacial score (nSPS) is 11.1. The van der Waals surface area contributed by atoms with Gasteiger partial charge < -0.3 is 10.3 Å². The molecule has 0 atom stereocenters. The molecule has 0 amide bonds. The van der Waals surface area contributed by atoms with Gasteiger partial charge in [0.15, 0.2) is 0 Å². The first-order chi connectivity index (χ1) is 9.47. The average molecular weight is 277 g/mol. The van der Waals surface area contributed by atoms with Gasteiger partial charge in [-0.05, 0) is 12.1 Å². The lowest BCUT2D eigenvalue weighted by molar-refractivity contribution is 0.589. The third kappa shape index (κ3) is 2.31. The van der Waals surface area contributed by atoms with Gasteiger partial charge in [-0.2, -0.15) is 0 Å². The molecule has 0 aliphatic carbocycles. The van der Waals surface area contributed by atoms with Gasteiger partial charge in [0, 0.05) is 12.5 Å². The number of hydrogen-bond acceptors (Lipinski definition) is 2. The Balaban J connectivity index is 2.69. The fourth-order valence-corrected chi connectivity index (χ4v) is 2.15. The molecule has 106 valence electrons. The largest absolute Gasteiger partial charge is 0.383 e. The van der Waals surface area contributed by atoms with Gasteiger partial charge in [0.2, 0.25) is 0 Å².